The molecular weight excluding hydrogens is 397 g/mol. The third-order valence-corrected chi connectivity index (χ3v) is 6.66. The van der Waals surface area contributed by atoms with E-state index in [-0.39, 0.29) is 11.9 Å². The highest BCUT2D eigenvalue weighted by molar-refractivity contribution is 5.79. The molecule has 4 heterocycles. The molecule has 0 bridgehead atoms. The number of likely N-dealkylation sites (tertiary alicyclic amines) is 2. The minimum atomic E-state index is -1.40. The number of carbonyl (C=O) groups excluding carboxylic acids is 1. The average molecular weight is 426 g/mol. The lowest BCUT2D eigenvalue weighted by atomic mass is 9.89. The lowest BCUT2D eigenvalue weighted by Crippen LogP contribution is -2.46. The zero-order valence-electron chi connectivity index (χ0n) is 17.6. The summed E-state index contributed by atoms with van der Waals surface area (Å²) >= 11 is 0. The van der Waals surface area contributed by atoms with Gasteiger partial charge in [0.1, 0.15) is 13.2 Å². The minimum Gasteiger partial charge on any atom is -0.486 e. The van der Waals surface area contributed by atoms with Gasteiger partial charge in [0.25, 0.3) is 0 Å². The van der Waals surface area contributed by atoms with Crippen LogP contribution in [0, 0.1) is 0 Å². The number of rotatable bonds is 4. The van der Waals surface area contributed by atoms with Crippen molar-refractivity contribution in [3.63, 3.8) is 0 Å². The number of carbonyl (C=O) groups is 1. The van der Waals surface area contributed by atoms with Crippen LogP contribution in [0.4, 0.5) is 4.39 Å². The van der Waals surface area contributed by atoms with E-state index in [0.717, 1.165) is 36.4 Å². The number of ether oxygens (including phenoxy) is 2. The Hall–Kier alpha value is -2.67. The summed E-state index contributed by atoms with van der Waals surface area (Å²) in [6.45, 7) is 3.32. The third kappa shape index (κ3) is 4.11. The molecule has 1 atom stereocenters. The first-order valence-electron chi connectivity index (χ1n) is 11.1. The van der Waals surface area contributed by atoms with Gasteiger partial charge in [-0.05, 0) is 55.5 Å². The van der Waals surface area contributed by atoms with E-state index in [4.69, 9.17) is 9.47 Å². The summed E-state index contributed by atoms with van der Waals surface area (Å²) in [4.78, 5) is 21.4. The van der Waals surface area contributed by atoms with Gasteiger partial charge >= 0.3 is 0 Å². The zero-order chi connectivity index (χ0) is 21.3. The van der Waals surface area contributed by atoms with Crippen LogP contribution in [-0.2, 0) is 10.5 Å². The second kappa shape index (κ2) is 8.46. The minimum absolute atomic E-state index is 0.0573. The van der Waals surface area contributed by atoms with Crippen LogP contribution in [0.2, 0.25) is 0 Å². The predicted molar refractivity (Wildman–Crippen MR) is 114 cm³/mol. The van der Waals surface area contributed by atoms with Crippen LogP contribution in [0.5, 0.6) is 11.5 Å². The van der Waals surface area contributed by atoms with Crippen molar-refractivity contribution in [3.8, 4) is 11.5 Å². The number of nitrogens with zero attached hydrogens (tertiary/aromatic N) is 3. The fraction of sp³-hybridized carbons (Fsp3) is 0.500. The quantitative estimate of drug-likeness (QED) is 0.751. The first-order chi connectivity index (χ1) is 15.1. The van der Waals surface area contributed by atoms with Gasteiger partial charge < -0.3 is 14.4 Å². The maximum atomic E-state index is 15.3. The molecule has 0 saturated carbocycles. The summed E-state index contributed by atoms with van der Waals surface area (Å²) in [5, 5.41) is 0. The molecule has 3 aliphatic rings. The van der Waals surface area contributed by atoms with Gasteiger partial charge in [0, 0.05) is 25.8 Å². The fourth-order valence-corrected chi connectivity index (χ4v) is 4.91. The molecule has 0 N–H and O–H groups in total. The lowest BCUT2D eigenvalue weighted by Gasteiger charge is -2.36. The largest absolute Gasteiger partial charge is 0.486 e. The van der Waals surface area contributed by atoms with Crippen molar-refractivity contribution in [1.82, 2.24) is 14.8 Å². The van der Waals surface area contributed by atoms with Crippen molar-refractivity contribution in [2.24, 2.45) is 0 Å². The number of alkyl halides is 1. The van der Waals surface area contributed by atoms with Gasteiger partial charge in [0.05, 0.1) is 18.3 Å². The third-order valence-electron chi connectivity index (χ3n) is 6.66. The number of amides is 1. The van der Waals surface area contributed by atoms with Crippen molar-refractivity contribution in [3.05, 3.63) is 53.9 Å². The van der Waals surface area contributed by atoms with Crippen LogP contribution < -0.4 is 9.47 Å². The van der Waals surface area contributed by atoms with Gasteiger partial charge in [-0.2, -0.15) is 0 Å². The van der Waals surface area contributed by atoms with Gasteiger partial charge in [-0.1, -0.05) is 12.1 Å². The molecule has 2 saturated heterocycles. The van der Waals surface area contributed by atoms with Crippen LogP contribution >= 0.6 is 0 Å². The first kappa shape index (κ1) is 20.2. The number of piperidine rings is 1. The Balaban J connectivity index is 1.22. The highest BCUT2D eigenvalue weighted by Crippen LogP contribution is 2.39. The van der Waals surface area contributed by atoms with Gasteiger partial charge in [-0.25, -0.2) is 4.39 Å². The van der Waals surface area contributed by atoms with Crippen LogP contribution in [0.1, 0.15) is 43.0 Å². The number of benzene rings is 1. The standard InChI is InChI=1S/C24H28FN3O3/c25-24(22-5-1-2-10-26-22)8-12-27(13-9-24)17-23(29)28-11-3-4-19(28)18-6-7-20-21(16-18)31-15-14-30-20/h1-2,5-7,10,16,19H,3-4,8-9,11-15,17H2. The molecule has 7 heteroatoms. The monoisotopic (exact) mass is 425 g/mol. The second-order valence-corrected chi connectivity index (χ2v) is 8.60. The number of aromatic nitrogens is 1. The van der Waals surface area contributed by atoms with Crippen LogP contribution in [0.3, 0.4) is 0 Å². The van der Waals surface area contributed by atoms with Crippen molar-refractivity contribution in [2.45, 2.75) is 37.4 Å². The van der Waals surface area contributed by atoms with E-state index >= 15 is 4.39 Å². The molecule has 1 amide bonds. The number of pyridine rings is 1. The normalized spacial score (nSPS) is 23.0. The van der Waals surface area contributed by atoms with Crippen LogP contribution in [0.15, 0.2) is 42.6 Å². The Bertz CT molecular complexity index is 931. The summed E-state index contributed by atoms with van der Waals surface area (Å²) in [6, 6.07) is 11.4. The highest BCUT2D eigenvalue weighted by Gasteiger charge is 2.39. The zero-order valence-corrected chi connectivity index (χ0v) is 17.6. The molecule has 1 unspecified atom stereocenters. The lowest BCUT2D eigenvalue weighted by molar-refractivity contribution is -0.134. The van der Waals surface area contributed by atoms with Crippen LogP contribution in [-0.4, -0.2) is 60.1 Å². The number of halogens is 1. The summed E-state index contributed by atoms with van der Waals surface area (Å²) in [6.07, 6.45) is 4.29. The topological polar surface area (TPSA) is 54.9 Å². The number of hydrogen-bond donors (Lipinski definition) is 0. The summed E-state index contributed by atoms with van der Waals surface area (Å²) in [5.41, 5.74) is 0.188. The van der Waals surface area contributed by atoms with Gasteiger partial charge in [-0.15, -0.1) is 0 Å². The second-order valence-electron chi connectivity index (χ2n) is 8.60. The number of fused-ring (bicyclic) bond motifs is 1. The Morgan fingerprint density at radius 1 is 1.10 bits per heavy atom. The van der Waals surface area contributed by atoms with Gasteiger partial charge in [0.15, 0.2) is 17.2 Å². The van der Waals surface area contributed by atoms with Crippen molar-refractivity contribution < 1.29 is 18.7 Å². The molecule has 2 aromatic rings. The van der Waals surface area contributed by atoms with Gasteiger partial charge in [0.2, 0.25) is 5.91 Å². The molecule has 6 nitrogen and oxygen atoms in total. The Morgan fingerprint density at radius 3 is 2.68 bits per heavy atom. The molecular formula is C24H28FN3O3. The molecule has 0 radical (unpaired) electrons. The molecule has 164 valence electrons. The van der Waals surface area contributed by atoms with E-state index in [2.05, 4.69) is 9.88 Å². The van der Waals surface area contributed by atoms with Crippen molar-refractivity contribution >= 4 is 5.91 Å². The van der Waals surface area contributed by atoms with Crippen molar-refractivity contribution in [1.29, 1.82) is 0 Å². The Labute approximate surface area is 182 Å². The maximum absolute atomic E-state index is 15.3. The first-order valence-corrected chi connectivity index (χ1v) is 11.1. The molecule has 1 aromatic heterocycles. The molecule has 31 heavy (non-hydrogen) atoms. The van der Waals surface area contributed by atoms with E-state index in [9.17, 15) is 4.79 Å². The molecule has 3 aliphatic heterocycles. The summed E-state index contributed by atoms with van der Waals surface area (Å²) < 4.78 is 26.7. The smallest absolute Gasteiger partial charge is 0.237 e. The highest BCUT2D eigenvalue weighted by atomic mass is 19.1. The van der Waals surface area contributed by atoms with Crippen LogP contribution in [0.25, 0.3) is 0 Å². The Morgan fingerprint density at radius 2 is 1.90 bits per heavy atom. The van der Waals surface area contributed by atoms with Gasteiger partial charge in [-0.3, -0.25) is 14.7 Å². The molecule has 1 aromatic carbocycles. The number of hydrogen-bond acceptors (Lipinski definition) is 5. The maximum Gasteiger partial charge on any atom is 0.237 e. The van der Waals surface area contributed by atoms with E-state index in [1.54, 1.807) is 18.3 Å². The van der Waals surface area contributed by atoms with Crippen molar-refractivity contribution in [2.75, 3.05) is 39.4 Å². The summed E-state index contributed by atoms with van der Waals surface area (Å²) in [5.74, 6) is 1.64. The Kier molecular flexibility index (Phi) is 5.52. The SMILES string of the molecule is O=C(CN1CCC(F)(c2ccccn2)CC1)N1CCCC1c1ccc2c(c1)OCCO2. The molecule has 0 spiro atoms. The van der Waals surface area contributed by atoms with E-state index in [0.29, 0.717) is 51.4 Å². The van der Waals surface area contributed by atoms with E-state index in [1.807, 2.05) is 29.2 Å². The summed E-state index contributed by atoms with van der Waals surface area (Å²) in [7, 11) is 0. The molecule has 0 aliphatic carbocycles. The fourth-order valence-electron chi connectivity index (χ4n) is 4.91. The average Bonchev–Trinajstić information content (AvgIpc) is 3.31. The predicted octanol–water partition coefficient (Wildman–Crippen LogP) is 3.48. The van der Waals surface area contributed by atoms with E-state index < -0.39 is 5.67 Å². The molecule has 5 rings (SSSR count). The van der Waals surface area contributed by atoms with E-state index in [1.165, 1.54) is 0 Å². The molecule has 2 fully saturated rings.